The molecule has 2 rings (SSSR count). The van der Waals surface area contributed by atoms with E-state index in [4.69, 9.17) is 17.3 Å². The average Bonchev–Trinajstić information content (AvgIpc) is 2.32. The molecule has 2 N–H and O–H groups in total. The predicted molar refractivity (Wildman–Crippen MR) is 70.0 cm³/mol. The predicted octanol–water partition coefficient (Wildman–Crippen LogP) is 4.47. The number of halogens is 5. The van der Waals surface area contributed by atoms with Crippen molar-refractivity contribution in [2.45, 2.75) is 43.8 Å². The lowest BCUT2D eigenvalue weighted by atomic mass is 9.73. The first-order valence-electron chi connectivity index (χ1n) is 6.49. The number of nitrogens with two attached hydrogens (primary N) is 1. The van der Waals surface area contributed by atoms with Crippen LogP contribution in [0.15, 0.2) is 18.2 Å². The van der Waals surface area contributed by atoms with Crippen molar-refractivity contribution in [3.05, 3.63) is 34.6 Å². The van der Waals surface area contributed by atoms with Gasteiger partial charge in [-0.05, 0) is 43.4 Å². The Morgan fingerprint density at radius 2 is 2.05 bits per heavy atom. The van der Waals surface area contributed by atoms with E-state index >= 15 is 0 Å². The summed E-state index contributed by atoms with van der Waals surface area (Å²) in [6.45, 7) is 0. The van der Waals surface area contributed by atoms with E-state index in [1.807, 2.05) is 0 Å². The van der Waals surface area contributed by atoms with E-state index in [9.17, 15) is 17.6 Å². The van der Waals surface area contributed by atoms with Gasteiger partial charge in [0.2, 0.25) is 0 Å². The van der Waals surface area contributed by atoms with Crippen LogP contribution in [-0.4, -0.2) is 11.7 Å². The van der Waals surface area contributed by atoms with Gasteiger partial charge in [-0.3, -0.25) is 0 Å². The molecule has 2 unspecified atom stereocenters. The normalized spacial score (nSPS) is 27.6. The van der Waals surface area contributed by atoms with Gasteiger partial charge in [-0.1, -0.05) is 24.1 Å². The third kappa shape index (κ3) is 3.64. The first kappa shape index (κ1) is 15.6. The van der Waals surface area contributed by atoms with Crippen LogP contribution in [0.5, 0.6) is 0 Å². The van der Waals surface area contributed by atoms with Crippen LogP contribution < -0.4 is 5.73 Å². The topological polar surface area (TPSA) is 26.0 Å². The fraction of sp³-hybridized carbons (Fsp3) is 0.571. The third-order valence-corrected chi connectivity index (χ3v) is 4.19. The van der Waals surface area contributed by atoms with Crippen LogP contribution in [0.3, 0.4) is 0 Å². The average molecular weight is 310 g/mol. The molecule has 20 heavy (non-hydrogen) atoms. The molecule has 1 aliphatic carbocycles. The highest BCUT2D eigenvalue weighted by atomic mass is 35.5. The van der Waals surface area contributed by atoms with Gasteiger partial charge in [-0.2, -0.15) is 13.2 Å². The Kier molecular flexibility index (Phi) is 4.30. The quantitative estimate of drug-likeness (QED) is 0.801. The molecule has 0 saturated heterocycles. The highest BCUT2D eigenvalue weighted by molar-refractivity contribution is 6.30. The minimum atomic E-state index is -4.21. The zero-order valence-electron chi connectivity index (χ0n) is 10.8. The fourth-order valence-electron chi connectivity index (χ4n) is 2.89. The smallest absolute Gasteiger partial charge is 0.325 e. The lowest BCUT2D eigenvalue weighted by Crippen LogP contribution is -2.48. The summed E-state index contributed by atoms with van der Waals surface area (Å²) in [5.41, 5.74) is 5.76. The SMILES string of the molecule is NC1(Cc2ccc(Cl)c(F)c2)CCCC(C(F)(F)F)C1. The molecule has 1 aromatic carbocycles. The highest BCUT2D eigenvalue weighted by Crippen LogP contribution is 2.42. The maximum Gasteiger partial charge on any atom is 0.391 e. The van der Waals surface area contributed by atoms with E-state index in [0.29, 0.717) is 18.4 Å². The highest BCUT2D eigenvalue weighted by Gasteiger charge is 2.46. The zero-order chi connectivity index (χ0) is 15.0. The molecule has 0 amide bonds. The Hall–Kier alpha value is -0.810. The fourth-order valence-corrected chi connectivity index (χ4v) is 3.01. The van der Waals surface area contributed by atoms with Gasteiger partial charge in [-0.25, -0.2) is 4.39 Å². The lowest BCUT2D eigenvalue weighted by Gasteiger charge is -2.39. The van der Waals surface area contributed by atoms with Gasteiger partial charge in [0.15, 0.2) is 0 Å². The Morgan fingerprint density at radius 1 is 1.35 bits per heavy atom. The Bertz CT molecular complexity index is 489. The molecule has 0 aromatic heterocycles. The molecule has 0 bridgehead atoms. The summed E-state index contributed by atoms with van der Waals surface area (Å²) in [7, 11) is 0. The van der Waals surface area contributed by atoms with Crippen LogP contribution in [0.25, 0.3) is 0 Å². The molecule has 1 aliphatic rings. The first-order valence-corrected chi connectivity index (χ1v) is 6.87. The molecule has 1 aromatic rings. The van der Waals surface area contributed by atoms with Crippen molar-refractivity contribution in [2.75, 3.05) is 0 Å². The number of hydrogen-bond donors (Lipinski definition) is 1. The molecular weight excluding hydrogens is 294 g/mol. The standard InChI is InChI=1S/C14H16ClF4N/c15-11-4-3-9(6-12(11)16)7-13(20)5-1-2-10(8-13)14(17,18)19/h3-4,6,10H,1-2,5,7-8,20H2. The third-order valence-electron chi connectivity index (χ3n) is 3.88. The Morgan fingerprint density at radius 3 is 2.65 bits per heavy atom. The van der Waals surface area contributed by atoms with Crippen molar-refractivity contribution in [1.82, 2.24) is 0 Å². The minimum Gasteiger partial charge on any atom is -0.325 e. The molecule has 0 aliphatic heterocycles. The van der Waals surface area contributed by atoms with E-state index < -0.39 is 23.5 Å². The summed E-state index contributed by atoms with van der Waals surface area (Å²) < 4.78 is 51.8. The largest absolute Gasteiger partial charge is 0.391 e. The first-order chi connectivity index (χ1) is 9.20. The van der Waals surface area contributed by atoms with Gasteiger partial charge in [0.25, 0.3) is 0 Å². The van der Waals surface area contributed by atoms with E-state index in [-0.39, 0.29) is 24.3 Å². The second-order valence-corrected chi connectivity index (χ2v) is 6.03. The minimum absolute atomic E-state index is 0.00312. The van der Waals surface area contributed by atoms with Crippen molar-refractivity contribution in [3.8, 4) is 0 Å². The van der Waals surface area contributed by atoms with E-state index in [1.54, 1.807) is 6.07 Å². The molecule has 1 nitrogen and oxygen atoms in total. The summed E-state index contributed by atoms with van der Waals surface area (Å²) >= 11 is 5.59. The molecule has 2 atom stereocenters. The summed E-state index contributed by atoms with van der Waals surface area (Å²) in [5, 5.41) is -0.00312. The summed E-state index contributed by atoms with van der Waals surface area (Å²) in [4.78, 5) is 0. The maximum absolute atomic E-state index is 13.4. The van der Waals surface area contributed by atoms with Gasteiger partial charge in [-0.15, -0.1) is 0 Å². The van der Waals surface area contributed by atoms with Crippen LogP contribution in [0.4, 0.5) is 17.6 Å². The lowest BCUT2D eigenvalue weighted by molar-refractivity contribution is -0.187. The monoisotopic (exact) mass is 309 g/mol. The molecule has 1 fully saturated rings. The molecule has 0 spiro atoms. The number of benzene rings is 1. The van der Waals surface area contributed by atoms with Gasteiger partial charge in [0.05, 0.1) is 10.9 Å². The van der Waals surface area contributed by atoms with Crippen molar-refractivity contribution < 1.29 is 17.6 Å². The van der Waals surface area contributed by atoms with Crippen molar-refractivity contribution in [2.24, 2.45) is 11.7 Å². The number of rotatable bonds is 2. The van der Waals surface area contributed by atoms with Crippen LogP contribution in [0, 0.1) is 11.7 Å². The molecule has 0 heterocycles. The molecule has 6 heteroatoms. The van der Waals surface area contributed by atoms with E-state index in [1.165, 1.54) is 12.1 Å². The van der Waals surface area contributed by atoms with Gasteiger partial charge in [0.1, 0.15) is 5.82 Å². The van der Waals surface area contributed by atoms with Crippen LogP contribution in [-0.2, 0) is 6.42 Å². The van der Waals surface area contributed by atoms with Gasteiger partial charge >= 0.3 is 6.18 Å². The number of hydrogen-bond acceptors (Lipinski definition) is 1. The van der Waals surface area contributed by atoms with Gasteiger partial charge in [0, 0.05) is 5.54 Å². The van der Waals surface area contributed by atoms with Crippen molar-refractivity contribution >= 4 is 11.6 Å². The van der Waals surface area contributed by atoms with Crippen molar-refractivity contribution in [3.63, 3.8) is 0 Å². The van der Waals surface area contributed by atoms with Crippen LogP contribution in [0.1, 0.15) is 31.2 Å². The molecule has 112 valence electrons. The summed E-state index contributed by atoms with van der Waals surface area (Å²) in [6, 6.07) is 4.25. The Balaban J connectivity index is 2.12. The van der Waals surface area contributed by atoms with Crippen molar-refractivity contribution in [1.29, 1.82) is 0 Å². The number of alkyl halides is 3. The van der Waals surface area contributed by atoms with Gasteiger partial charge < -0.3 is 5.73 Å². The van der Waals surface area contributed by atoms with Crippen LogP contribution in [0.2, 0.25) is 5.02 Å². The zero-order valence-corrected chi connectivity index (χ0v) is 11.6. The van der Waals surface area contributed by atoms with E-state index in [2.05, 4.69) is 0 Å². The second-order valence-electron chi connectivity index (χ2n) is 5.62. The molecular formula is C14H16ClF4N. The second kappa shape index (κ2) is 5.53. The summed E-state index contributed by atoms with van der Waals surface area (Å²) in [5.74, 6) is -1.94. The van der Waals surface area contributed by atoms with E-state index in [0.717, 1.165) is 0 Å². The van der Waals surface area contributed by atoms with Crippen LogP contribution >= 0.6 is 11.6 Å². The maximum atomic E-state index is 13.4. The molecule has 0 radical (unpaired) electrons. The Labute approximate surface area is 120 Å². The summed E-state index contributed by atoms with van der Waals surface area (Å²) in [6.07, 6.45) is -3.01. The molecule has 1 saturated carbocycles.